The zero-order chi connectivity index (χ0) is 9.40. The van der Waals surface area contributed by atoms with Gasteiger partial charge in [-0.05, 0) is 6.42 Å². The third-order valence-electron chi connectivity index (χ3n) is 1.36. The minimum atomic E-state index is 0.662. The van der Waals surface area contributed by atoms with Gasteiger partial charge < -0.3 is 5.41 Å². The molecule has 1 N–H and O–H groups in total. The Bertz CT molecular complexity index is 261. The molecule has 0 saturated carbocycles. The number of allylic oxidation sites excluding steroid dienone is 5. The fourth-order valence-corrected chi connectivity index (χ4v) is 0.721. The van der Waals surface area contributed by atoms with Crippen molar-refractivity contribution < 1.29 is 0 Å². The van der Waals surface area contributed by atoms with Crippen molar-refractivity contribution in [3.63, 3.8) is 0 Å². The van der Waals surface area contributed by atoms with Gasteiger partial charge in [0.15, 0.2) is 0 Å². The van der Waals surface area contributed by atoms with Crippen molar-refractivity contribution >= 4 is 6.21 Å². The van der Waals surface area contributed by atoms with Gasteiger partial charge in [0.05, 0.1) is 0 Å². The van der Waals surface area contributed by atoms with E-state index in [1.165, 1.54) is 6.21 Å². The Hall–Kier alpha value is -1.55. The number of nitrogens with one attached hydrogen (secondary N) is 1. The molecule has 0 atom stereocenters. The van der Waals surface area contributed by atoms with Gasteiger partial charge in [0.25, 0.3) is 0 Å². The van der Waals surface area contributed by atoms with Gasteiger partial charge in [-0.1, -0.05) is 37.7 Å². The molecule has 0 aromatic heterocycles. The zero-order valence-electron chi connectivity index (χ0n) is 7.30. The van der Waals surface area contributed by atoms with E-state index in [4.69, 9.17) is 11.8 Å². The van der Waals surface area contributed by atoms with E-state index in [1.54, 1.807) is 6.08 Å². The van der Waals surface area contributed by atoms with Gasteiger partial charge in [0.1, 0.15) is 0 Å². The van der Waals surface area contributed by atoms with Crippen LogP contribution >= 0.6 is 0 Å². The van der Waals surface area contributed by atoms with Gasteiger partial charge in [-0.15, -0.1) is 6.42 Å². The first-order chi connectivity index (χ1) is 5.79. The minimum Gasteiger partial charge on any atom is -0.308 e. The molecule has 0 aliphatic rings. The van der Waals surface area contributed by atoms with E-state index in [2.05, 4.69) is 12.5 Å². The summed E-state index contributed by atoms with van der Waals surface area (Å²) in [6, 6.07) is 0. The lowest BCUT2D eigenvalue weighted by Crippen LogP contribution is -1.84. The summed E-state index contributed by atoms with van der Waals surface area (Å²) in [6.07, 6.45) is 12.8. The standard InChI is InChI=1S/C11H13N/c1-4-7-8-11(9-12)10(5-2)6-3/h2,6-9,12H,3-4H2,1H3/b8-7-,11-10-,12-9?. The molecule has 0 saturated heterocycles. The van der Waals surface area contributed by atoms with Crippen LogP contribution in [0.15, 0.2) is 36.0 Å². The maximum absolute atomic E-state index is 7.10. The van der Waals surface area contributed by atoms with Crippen LogP contribution in [0.1, 0.15) is 13.3 Å². The summed E-state index contributed by atoms with van der Waals surface area (Å²) in [4.78, 5) is 0. The molecule has 0 spiro atoms. The van der Waals surface area contributed by atoms with Crippen molar-refractivity contribution in [1.29, 1.82) is 5.41 Å². The minimum absolute atomic E-state index is 0.662. The molecule has 0 aliphatic carbocycles. The third kappa shape index (κ3) is 3.03. The molecule has 0 aliphatic heterocycles. The lowest BCUT2D eigenvalue weighted by molar-refractivity contribution is 1.22. The van der Waals surface area contributed by atoms with Crippen molar-refractivity contribution in [1.82, 2.24) is 0 Å². The van der Waals surface area contributed by atoms with Gasteiger partial charge in [-0.25, -0.2) is 0 Å². The SMILES string of the molecule is C#C/C(C=C)=C(C=N)\C=C/CC. The monoisotopic (exact) mass is 159 g/mol. The van der Waals surface area contributed by atoms with Gasteiger partial charge in [-0.3, -0.25) is 0 Å². The van der Waals surface area contributed by atoms with Crippen molar-refractivity contribution in [3.8, 4) is 12.3 Å². The molecule has 62 valence electrons. The Morgan fingerprint density at radius 2 is 2.33 bits per heavy atom. The Kier molecular flexibility index (Phi) is 5.38. The highest BCUT2D eigenvalue weighted by Gasteiger charge is 1.92. The van der Waals surface area contributed by atoms with E-state index in [0.29, 0.717) is 5.57 Å². The molecule has 0 fully saturated rings. The third-order valence-corrected chi connectivity index (χ3v) is 1.36. The van der Waals surface area contributed by atoms with Gasteiger partial charge >= 0.3 is 0 Å². The number of terminal acetylenes is 1. The van der Waals surface area contributed by atoms with Crippen LogP contribution < -0.4 is 0 Å². The molecule has 1 heteroatoms. The molecule has 0 aromatic rings. The van der Waals surface area contributed by atoms with E-state index in [-0.39, 0.29) is 0 Å². The molecular weight excluding hydrogens is 146 g/mol. The summed E-state index contributed by atoms with van der Waals surface area (Å²) in [5.74, 6) is 2.47. The van der Waals surface area contributed by atoms with Gasteiger partial charge in [0.2, 0.25) is 0 Å². The van der Waals surface area contributed by atoms with Crippen LogP contribution in [-0.4, -0.2) is 6.21 Å². The van der Waals surface area contributed by atoms with Crippen molar-refractivity contribution in [3.05, 3.63) is 36.0 Å². The Morgan fingerprint density at radius 3 is 2.67 bits per heavy atom. The van der Waals surface area contributed by atoms with Gasteiger partial charge in [0, 0.05) is 17.4 Å². The Morgan fingerprint density at radius 1 is 1.67 bits per heavy atom. The van der Waals surface area contributed by atoms with E-state index in [9.17, 15) is 0 Å². The fourth-order valence-electron chi connectivity index (χ4n) is 0.721. The Balaban J connectivity index is 4.85. The first kappa shape index (κ1) is 10.4. The molecule has 0 bridgehead atoms. The first-order valence-electron chi connectivity index (χ1n) is 3.80. The summed E-state index contributed by atoms with van der Waals surface area (Å²) in [5.41, 5.74) is 1.39. The van der Waals surface area contributed by atoms with Crippen LogP contribution in [0.3, 0.4) is 0 Å². The molecule has 12 heavy (non-hydrogen) atoms. The highest BCUT2D eigenvalue weighted by atomic mass is 14.3. The predicted molar refractivity (Wildman–Crippen MR) is 54.3 cm³/mol. The van der Waals surface area contributed by atoms with Crippen LogP contribution in [0.2, 0.25) is 0 Å². The normalized spacial score (nSPS) is 12.0. The Labute approximate surface area is 74.0 Å². The molecule has 0 heterocycles. The van der Waals surface area contributed by atoms with Gasteiger partial charge in [-0.2, -0.15) is 0 Å². The second-order valence-corrected chi connectivity index (χ2v) is 2.17. The van der Waals surface area contributed by atoms with E-state index in [0.717, 1.165) is 12.0 Å². The topological polar surface area (TPSA) is 23.9 Å². The van der Waals surface area contributed by atoms with Crippen molar-refractivity contribution in [2.45, 2.75) is 13.3 Å². The summed E-state index contributed by atoms with van der Waals surface area (Å²) in [5, 5.41) is 7.10. The van der Waals surface area contributed by atoms with E-state index in [1.807, 2.05) is 19.1 Å². The summed E-state index contributed by atoms with van der Waals surface area (Å²) in [6.45, 7) is 5.60. The van der Waals surface area contributed by atoms with Crippen LogP contribution in [0.25, 0.3) is 0 Å². The number of hydrogen-bond acceptors (Lipinski definition) is 1. The zero-order valence-corrected chi connectivity index (χ0v) is 7.30. The quantitative estimate of drug-likeness (QED) is 0.370. The molecule has 0 aromatic carbocycles. The lowest BCUT2D eigenvalue weighted by atomic mass is 10.1. The average Bonchev–Trinajstić information content (AvgIpc) is 2.12. The molecule has 0 radical (unpaired) electrons. The maximum Gasteiger partial charge on any atom is 0.0324 e. The molecule has 0 rings (SSSR count). The predicted octanol–water partition coefficient (Wildman–Crippen LogP) is 2.72. The average molecular weight is 159 g/mol. The maximum atomic E-state index is 7.10. The highest BCUT2D eigenvalue weighted by Crippen LogP contribution is 2.04. The summed E-state index contributed by atoms with van der Waals surface area (Å²) >= 11 is 0. The molecule has 0 amide bonds. The van der Waals surface area contributed by atoms with Crippen LogP contribution in [-0.2, 0) is 0 Å². The smallest absolute Gasteiger partial charge is 0.0324 e. The van der Waals surface area contributed by atoms with Crippen LogP contribution in [0, 0.1) is 17.8 Å². The van der Waals surface area contributed by atoms with Crippen molar-refractivity contribution in [2.24, 2.45) is 0 Å². The molecular formula is C11H13N. The van der Waals surface area contributed by atoms with E-state index >= 15 is 0 Å². The van der Waals surface area contributed by atoms with Crippen molar-refractivity contribution in [2.75, 3.05) is 0 Å². The second kappa shape index (κ2) is 6.18. The van der Waals surface area contributed by atoms with E-state index < -0.39 is 0 Å². The largest absolute Gasteiger partial charge is 0.308 e. The lowest BCUT2D eigenvalue weighted by Gasteiger charge is -1.94. The number of hydrogen-bond donors (Lipinski definition) is 1. The van der Waals surface area contributed by atoms with Crippen LogP contribution in [0.5, 0.6) is 0 Å². The second-order valence-electron chi connectivity index (χ2n) is 2.17. The fraction of sp³-hybridized carbons (Fsp3) is 0.182. The number of rotatable bonds is 4. The molecule has 0 unspecified atom stereocenters. The summed E-state index contributed by atoms with van der Waals surface area (Å²) in [7, 11) is 0. The first-order valence-corrected chi connectivity index (χ1v) is 3.80. The highest BCUT2D eigenvalue weighted by molar-refractivity contribution is 5.83. The summed E-state index contributed by atoms with van der Waals surface area (Å²) < 4.78 is 0. The molecule has 1 nitrogen and oxygen atoms in total. The van der Waals surface area contributed by atoms with Crippen LogP contribution in [0.4, 0.5) is 0 Å².